The molecule has 0 aliphatic heterocycles. The van der Waals surface area contributed by atoms with Crippen molar-refractivity contribution >= 4 is 21.9 Å². The molecular formula is C10H7BrFNO2. The van der Waals surface area contributed by atoms with E-state index in [1.807, 2.05) is 6.07 Å². The molecule has 0 radical (unpaired) electrons. The summed E-state index contributed by atoms with van der Waals surface area (Å²) in [5, 5.41) is 8.77. The van der Waals surface area contributed by atoms with Gasteiger partial charge in [-0.1, -0.05) is 0 Å². The minimum Gasteiger partial charge on any atom is -0.469 e. The van der Waals surface area contributed by atoms with Crippen LogP contribution in [-0.2, 0) is 16.0 Å². The van der Waals surface area contributed by atoms with Crippen LogP contribution in [-0.4, -0.2) is 13.1 Å². The normalized spacial score (nSPS) is 9.47. The van der Waals surface area contributed by atoms with Crippen LogP contribution in [0.4, 0.5) is 4.39 Å². The zero-order chi connectivity index (χ0) is 11.4. The Labute approximate surface area is 94.6 Å². The first-order valence-corrected chi connectivity index (χ1v) is 4.82. The number of benzene rings is 1. The first-order chi connectivity index (χ1) is 7.08. The first kappa shape index (κ1) is 11.7. The molecule has 0 spiro atoms. The molecule has 0 heterocycles. The minimum atomic E-state index is -0.507. The Kier molecular flexibility index (Phi) is 3.81. The lowest BCUT2D eigenvalue weighted by Crippen LogP contribution is -2.06. The number of esters is 1. The Morgan fingerprint density at radius 1 is 1.67 bits per heavy atom. The number of halogens is 2. The van der Waals surface area contributed by atoms with Crippen molar-refractivity contribution in [3.05, 3.63) is 33.5 Å². The lowest BCUT2D eigenvalue weighted by atomic mass is 10.1. The molecule has 1 aromatic carbocycles. The van der Waals surface area contributed by atoms with E-state index in [1.54, 1.807) is 0 Å². The highest BCUT2D eigenvalue weighted by Gasteiger charge is 2.11. The van der Waals surface area contributed by atoms with Crippen LogP contribution in [0.15, 0.2) is 16.6 Å². The largest absolute Gasteiger partial charge is 0.469 e. The topological polar surface area (TPSA) is 50.1 Å². The fourth-order valence-corrected chi connectivity index (χ4v) is 1.41. The number of nitrogens with zero attached hydrogens (tertiary/aromatic N) is 1. The summed E-state index contributed by atoms with van der Waals surface area (Å²) < 4.78 is 17.8. The second kappa shape index (κ2) is 4.89. The number of carbonyl (C=O) groups excluding carboxylic acids is 1. The molecule has 0 saturated carbocycles. The number of methoxy groups -OCH3 is 1. The van der Waals surface area contributed by atoms with Crippen molar-refractivity contribution in [3.8, 4) is 6.07 Å². The summed E-state index contributed by atoms with van der Waals surface area (Å²) in [6, 6.07) is 4.38. The second-order valence-electron chi connectivity index (χ2n) is 2.79. The Morgan fingerprint density at radius 3 is 2.87 bits per heavy atom. The monoisotopic (exact) mass is 271 g/mol. The van der Waals surface area contributed by atoms with Crippen LogP contribution in [0.5, 0.6) is 0 Å². The molecule has 0 aromatic heterocycles. The van der Waals surface area contributed by atoms with Crippen molar-refractivity contribution in [2.75, 3.05) is 7.11 Å². The minimum absolute atomic E-state index is 0.108. The highest BCUT2D eigenvalue weighted by atomic mass is 79.9. The standard InChI is InChI=1S/C10H7BrFNO2/c1-15-10(14)4-6-3-9(12)8(11)2-7(6)5-13/h2-3H,4H2,1H3. The van der Waals surface area contributed by atoms with Gasteiger partial charge in [0.2, 0.25) is 0 Å². The Bertz CT molecular complexity index is 440. The number of carbonyl (C=O) groups is 1. The molecule has 0 unspecified atom stereocenters. The fraction of sp³-hybridized carbons (Fsp3) is 0.200. The third-order valence-corrected chi connectivity index (χ3v) is 2.44. The average molecular weight is 272 g/mol. The van der Waals surface area contributed by atoms with Gasteiger partial charge in [-0.3, -0.25) is 4.79 Å². The number of hydrogen-bond acceptors (Lipinski definition) is 3. The molecule has 0 N–H and O–H groups in total. The van der Waals surface area contributed by atoms with E-state index in [4.69, 9.17) is 5.26 Å². The summed E-state index contributed by atoms with van der Waals surface area (Å²) in [6.07, 6.45) is -0.108. The van der Waals surface area contributed by atoms with E-state index in [9.17, 15) is 9.18 Å². The summed E-state index contributed by atoms with van der Waals surface area (Å²) in [5.74, 6) is -1.01. The molecule has 78 valence electrons. The molecule has 15 heavy (non-hydrogen) atoms. The molecule has 0 saturated heterocycles. The molecule has 0 fully saturated rings. The molecule has 0 amide bonds. The van der Waals surface area contributed by atoms with E-state index < -0.39 is 11.8 Å². The highest BCUT2D eigenvalue weighted by molar-refractivity contribution is 9.10. The van der Waals surface area contributed by atoms with Gasteiger partial charge in [0.25, 0.3) is 0 Å². The van der Waals surface area contributed by atoms with E-state index in [0.29, 0.717) is 5.56 Å². The maximum absolute atomic E-state index is 13.1. The predicted octanol–water partition coefficient (Wildman–Crippen LogP) is 2.18. The molecule has 5 heteroatoms. The van der Waals surface area contributed by atoms with Gasteiger partial charge in [-0.25, -0.2) is 4.39 Å². The van der Waals surface area contributed by atoms with Gasteiger partial charge >= 0.3 is 5.97 Å². The summed E-state index contributed by atoms with van der Waals surface area (Å²) >= 11 is 2.96. The number of hydrogen-bond donors (Lipinski definition) is 0. The van der Waals surface area contributed by atoms with Crippen LogP contribution in [0.25, 0.3) is 0 Å². The Hall–Kier alpha value is -1.41. The molecule has 3 nitrogen and oxygen atoms in total. The van der Waals surface area contributed by atoms with E-state index >= 15 is 0 Å². The van der Waals surface area contributed by atoms with Crippen LogP contribution in [0.2, 0.25) is 0 Å². The van der Waals surface area contributed by atoms with Crippen molar-refractivity contribution in [1.82, 2.24) is 0 Å². The van der Waals surface area contributed by atoms with Gasteiger partial charge in [-0.05, 0) is 33.6 Å². The van der Waals surface area contributed by atoms with Gasteiger partial charge in [0.05, 0.1) is 29.6 Å². The third-order valence-electron chi connectivity index (χ3n) is 1.83. The van der Waals surface area contributed by atoms with Crippen molar-refractivity contribution in [1.29, 1.82) is 5.26 Å². The van der Waals surface area contributed by atoms with E-state index in [-0.39, 0.29) is 16.5 Å². The predicted molar refractivity (Wildman–Crippen MR) is 54.5 cm³/mol. The summed E-state index contributed by atoms with van der Waals surface area (Å²) in [5.41, 5.74) is 0.582. The smallest absolute Gasteiger partial charge is 0.310 e. The van der Waals surface area contributed by atoms with E-state index in [2.05, 4.69) is 20.7 Å². The average Bonchev–Trinajstić information content (AvgIpc) is 2.22. The summed E-state index contributed by atoms with van der Waals surface area (Å²) in [6.45, 7) is 0. The van der Waals surface area contributed by atoms with E-state index in [0.717, 1.165) is 6.07 Å². The van der Waals surface area contributed by atoms with Crippen LogP contribution in [0.3, 0.4) is 0 Å². The number of ether oxygens (including phenoxy) is 1. The molecule has 0 aliphatic carbocycles. The van der Waals surface area contributed by atoms with E-state index in [1.165, 1.54) is 13.2 Å². The fourth-order valence-electron chi connectivity index (χ4n) is 1.07. The van der Waals surface area contributed by atoms with Gasteiger partial charge in [0.15, 0.2) is 0 Å². The van der Waals surface area contributed by atoms with Crippen molar-refractivity contribution < 1.29 is 13.9 Å². The first-order valence-electron chi connectivity index (χ1n) is 4.03. The molecular weight excluding hydrogens is 265 g/mol. The molecule has 1 aromatic rings. The Balaban J connectivity index is 3.12. The zero-order valence-corrected chi connectivity index (χ0v) is 9.47. The summed E-state index contributed by atoms with van der Waals surface area (Å²) in [7, 11) is 1.24. The van der Waals surface area contributed by atoms with Crippen LogP contribution in [0.1, 0.15) is 11.1 Å². The van der Waals surface area contributed by atoms with Gasteiger partial charge in [0.1, 0.15) is 5.82 Å². The van der Waals surface area contributed by atoms with Crippen LogP contribution >= 0.6 is 15.9 Å². The molecule has 0 atom stereocenters. The Morgan fingerprint density at radius 2 is 2.33 bits per heavy atom. The van der Waals surface area contributed by atoms with Gasteiger partial charge in [0, 0.05) is 0 Å². The number of nitriles is 1. The van der Waals surface area contributed by atoms with Crippen molar-refractivity contribution in [2.24, 2.45) is 0 Å². The van der Waals surface area contributed by atoms with Crippen molar-refractivity contribution in [3.63, 3.8) is 0 Å². The maximum atomic E-state index is 13.1. The van der Waals surface area contributed by atoms with Crippen LogP contribution in [0, 0.1) is 17.1 Å². The lowest BCUT2D eigenvalue weighted by Gasteiger charge is -2.04. The van der Waals surface area contributed by atoms with Gasteiger partial charge in [-0.2, -0.15) is 5.26 Å². The van der Waals surface area contributed by atoms with Gasteiger partial charge < -0.3 is 4.74 Å². The van der Waals surface area contributed by atoms with Crippen molar-refractivity contribution in [2.45, 2.75) is 6.42 Å². The summed E-state index contributed by atoms with van der Waals surface area (Å²) in [4.78, 5) is 11.0. The lowest BCUT2D eigenvalue weighted by molar-refractivity contribution is -0.139. The SMILES string of the molecule is COC(=O)Cc1cc(F)c(Br)cc1C#N. The molecule has 0 bridgehead atoms. The number of rotatable bonds is 2. The molecule has 0 aliphatic rings. The second-order valence-corrected chi connectivity index (χ2v) is 3.64. The molecule has 1 rings (SSSR count). The third kappa shape index (κ3) is 2.77. The maximum Gasteiger partial charge on any atom is 0.310 e. The zero-order valence-electron chi connectivity index (χ0n) is 7.88. The quantitative estimate of drug-likeness (QED) is 0.775. The van der Waals surface area contributed by atoms with Gasteiger partial charge in [-0.15, -0.1) is 0 Å². The van der Waals surface area contributed by atoms with Crippen LogP contribution < -0.4 is 0 Å². The highest BCUT2D eigenvalue weighted by Crippen LogP contribution is 2.21.